The maximum atomic E-state index is 15.8. The molecule has 0 spiro atoms. The number of aromatic nitrogens is 2. The molecule has 2 aliphatic rings. The number of carbonyl (C=O) groups is 3. The van der Waals surface area contributed by atoms with Gasteiger partial charge in [-0.15, -0.1) is 0 Å². The first-order valence-electron chi connectivity index (χ1n) is 15.3. The second-order valence-corrected chi connectivity index (χ2v) is 14.1. The Bertz CT molecular complexity index is 1740. The maximum absolute atomic E-state index is 15.8. The molecule has 2 aromatic heterocycles. The van der Waals surface area contributed by atoms with E-state index in [9.17, 15) is 14.4 Å². The van der Waals surface area contributed by atoms with Crippen molar-refractivity contribution in [1.82, 2.24) is 14.9 Å². The predicted octanol–water partition coefficient (Wildman–Crippen LogP) is 7.34. The number of hydrogen-bond acceptors (Lipinski definition) is 9. The monoisotopic (exact) mass is 671 g/mol. The molecule has 3 aromatic rings. The van der Waals surface area contributed by atoms with E-state index in [2.05, 4.69) is 15.3 Å². The first-order chi connectivity index (χ1) is 21.9. The summed E-state index contributed by atoms with van der Waals surface area (Å²) < 4.78 is 38.2. The lowest BCUT2D eigenvalue weighted by molar-refractivity contribution is 0.0262. The van der Waals surface area contributed by atoms with Gasteiger partial charge in [0, 0.05) is 41.4 Å². The highest BCUT2D eigenvalue weighted by Crippen LogP contribution is 2.42. The third kappa shape index (κ3) is 7.45. The first-order valence-corrected chi connectivity index (χ1v) is 15.7. The smallest absolute Gasteiger partial charge is 0.415 e. The standard InChI is InChI=1S/C33H39ClFN5O7/c1-17-15-39(30(42)46-32(3,4)5)16-23(17)45-29(41)38-24-12-19-11-20(26(35)25(34)22(19)14-36-24)21-13-37-28-27(18(21)2)40(9-10-44-28)31(43)47-33(6,7)8/h11-14,17,23H,9-10,15-16H2,1-8H3,(H,36,38,41)/t17-,23+/m0/s1. The normalized spacial score (nSPS) is 18.0. The number of likely N-dealkylation sites (tertiary alicyclic amines) is 1. The number of fused-ring (bicyclic) bond motifs is 2. The molecule has 252 valence electrons. The number of benzene rings is 1. The molecule has 0 bridgehead atoms. The van der Waals surface area contributed by atoms with Gasteiger partial charge in [0.25, 0.3) is 0 Å². The maximum Gasteiger partial charge on any atom is 0.415 e. The van der Waals surface area contributed by atoms with E-state index in [4.69, 9.17) is 30.5 Å². The lowest BCUT2D eigenvalue weighted by Crippen LogP contribution is -2.42. The number of nitrogens with one attached hydrogen (secondary N) is 1. The third-order valence-corrected chi connectivity index (χ3v) is 7.95. The van der Waals surface area contributed by atoms with Crippen LogP contribution in [0.4, 0.5) is 30.3 Å². The Morgan fingerprint density at radius 1 is 1.00 bits per heavy atom. The molecule has 3 amide bonds. The Kier molecular flexibility index (Phi) is 9.15. The van der Waals surface area contributed by atoms with Gasteiger partial charge in [0.1, 0.15) is 41.2 Å². The second-order valence-electron chi connectivity index (χ2n) is 13.7. The molecule has 1 aromatic carbocycles. The van der Waals surface area contributed by atoms with Gasteiger partial charge in [0.05, 0.1) is 18.1 Å². The van der Waals surface area contributed by atoms with Crippen LogP contribution in [-0.2, 0) is 14.2 Å². The Morgan fingerprint density at radius 3 is 2.36 bits per heavy atom. The van der Waals surface area contributed by atoms with E-state index in [0.29, 0.717) is 34.1 Å². The Labute approximate surface area is 277 Å². The zero-order chi connectivity index (χ0) is 34.4. The van der Waals surface area contributed by atoms with Crippen molar-refractivity contribution in [2.45, 2.75) is 72.7 Å². The van der Waals surface area contributed by atoms with Gasteiger partial charge in [-0.25, -0.2) is 28.7 Å². The molecule has 1 saturated heterocycles. The summed E-state index contributed by atoms with van der Waals surface area (Å²) in [6.07, 6.45) is 0.472. The Hall–Kier alpha value is -4.39. The van der Waals surface area contributed by atoms with Gasteiger partial charge >= 0.3 is 18.3 Å². The topological polar surface area (TPSA) is 132 Å². The van der Waals surface area contributed by atoms with Crippen LogP contribution in [0, 0.1) is 18.7 Å². The predicted molar refractivity (Wildman–Crippen MR) is 175 cm³/mol. The molecule has 0 radical (unpaired) electrons. The number of amides is 3. The summed E-state index contributed by atoms with van der Waals surface area (Å²) in [5, 5.41) is 3.26. The van der Waals surface area contributed by atoms with Crippen molar-refractivity contribution in [3.05, 3.63) is 40.9 Å². The SMILES string of the molecule is Cc1c(-c2cc3cc(NC(=O)O[C@@H]4CN(C(=O)OC(C)(C)C)C[C@@H]4C)ncc3c(Cl)c2F)cnc2c1N(C(=O)OC(C)(C)C)CCO2. The van der Waals surface area contributed by atoms with Gasteiger partial charge in [-0.3, -0.25) is 10.2 Å². The molecule has 0 saturated carbocycles. The minimum Gasteiger partial charge on any atom is -0.474 e. The molecule has 47 heavy (non-hydrogen) atoms. The average Bonchev–Trinajstić information content (AvgIpc) is 3.33. The van der Waals surface area contributed by atoms with Crippen molar-refractivity contribution in [2.75, 3.05) is 36.5 Å². The fourth-order valence-electron chi connectivity index (χ4n) is 5.44. The number of hydrogen-bond donors (Lipinski definition) is 1. The van der Waals surface area contributed by atoms with E-state index in [1.807, 2.05) is 6.92 Å². The van der Waals surface area contributed by atoms with Crippen molar-refractivity contribution in [1.29, 1.82) is 0 Å². The summed E-state index contributed by atoms with van der Waals surface area (Å²) >= 11 is 6.50. The van der Waals surface area contributed by atoms with Crippen LogP contribution in [0.5, 0.6) is 5.88 Å². The first kappa shape index (κ1) is 34.0. The van der Waals surface area contributed by atoms with Gasteiger partial charge in [-0.1, -0.05) is 18.5 Å². The molecule has 2 aliphatic heterocycles. The van der Waals surface area contributed by atoms with Crippen molar-refractivity contribution in [3.8, 4) is 17.0 Å². The van der Waals surface area contributed by atoms with Crippen LogP contribution in [-0.4, -0.2) is 76.7 Å². The Morgan fingerprint density at radius 2 is 1.68 bits per heavy atom. The van der Waals surface area contributed by atoms with E-state index < -0.39 is 41.4 Å². The van der Waals surface area contributed by atoms with Crippen molar-refractivity contribution in [2.24, 2.45) is 5.92 Å². The van der Waals surface area contributed by atoms with Crippen LogP contribution in [0.2, 0.25) is 5.02 Å². The summed E-state index contributed by atoms with van der Waals surface area (Å²) in [4.78, 5) is 50.0. The molecular weight excluding hydrogens is 633 g/mol. The summed E-state index contributed by atoms with van der Waals surface area (Å²) in [5.74, 6) is -0.435. The highest BCUT2D eigenvalue weighted by molar-refractivity contribution is 6.36. The van der Waals surface area contributed by atoms with E-state index in [-0.39, 0.29) is 47.9 Å². The largest absolute Gasteiger partial charge is 0.474 e. The van der Waals surface area contributed by atoms with Crippen molar-refractivity contribution < 1.29 is 37.7 Å². The molecule has 2 atom stereocenters. The van der Waals surface area contributed by atoms with E-state index >= 15 is 4.39 Å². The fourth-order valence-corrected chi connectivity index (χ4v) is 5.70. The summed E-state index contributed by atoms with van der Waals surface area (Å²) in [6.45, 7) is 15.3. The molecule has 5 rings (SSSR count). The van der Waals surface area contributed by atoms with E-state index in [0.717, 1.165) is 0 Å². The van der Waals surface area contributed by atoms with Crippen LogP contribution in [0.15, 0.2) is 24.5 Å². The van der Waals surface area contributed by atoms with Gasteiger partial charge in [-0.05, 0) is 71.5 Å². The number of ether oxygens (including phenoxy) is 4. The molecule has 4 heterocycles. The number of halogens is 2. The second kappa shape index (κ2) is 12.7. The molecule has 0 aliphatic carbocycles. The fraction of sp³-hybridized carbons (Fsp3) is 0.485. The van der Waals surface area contributed by atoms with Crippen LogP contribution >= 0.6 is 11.6 Å². The summed E-state index contributed by atoms with van der Waals surface area (Å²) in [5.41, 5.74) is 0.0656. The Balaban J connectivity index is 1.39. The van der Waals surface area contributed by atoms with Crippen molar-refractivity contribution >= 4 is 52.2 Å². The van der Waals surface area contributed by atoms with Crippen LogP contribution < -0.4 is 15.0 Å². The zero-order valence-electron chi connectivity index (χ0n) is 27.7. The van der Waals surface area contributed by atoms with Crippen LogP contribution in [0.3, 0.4) is 0 Å². The lowest BCUT2D eigenvalue weighted by atomic mass is 9.97. The van der Waals surface area contributed by atoms with Gasteiger partial charge in [-0.2, -0.15) is 0 Å². The highest BCUT2D eigenvalue weighted by atomic mass is 35.5. The molecule has 1 N–H and O–H groups in total. The number of rotatable bonds is 3. The number of pyridine rings is 2. The number of carbonyl (C=O) groups excluding carboxylic acids is 3. The summed E-state index contributed by atoms with van der Waals surface area (Å²) in [6, 6.07) is 3.12. The molecular formula is C33H39ClFN5O7. The van der Waals surface area contributed by atoms with Gasteiger partial charge < -0.3 is 23.8 Å². The minimum atomic E-state index is -0.759. The van der Waals surface area contributed by atoms with Crippen LogP contribution in [0.1, 0.15) is 54.0 Å². The molecule has 0 unspecified atom stereocenters. The average molecular weight is 672 g/mol. The molecule has 14 heteroatoms. The molecule has 12 nitrogen and oxygen atoms in total. The van der Waals surface area contributed by atoms with E-state index in [1.165, 1.54) is 22.2 Å². The minimum absolute atomic E-state index is 0.118. The van der Waals surface area contributed by atoms with Gasteiger partial charge in [0.2, 0.25) is 5.88 Å². The zero-order valence-corrected chi connectivity index (χ0v) is 28.5. The highest BCUT2D eigenvalue weighted by Gasteiger charge is 2.37. The quantitative estimate of drug-likeness (QED) is 0.284. The van der Waals surface area contributed by atoms with E-state index in [1.54, 1.807) is 60.6 Å². The third-order valence-electron chi connectivity index (χ3n) is 7.59. The van der Waals surface area contributed by atoms with Crippen molar-refractivity contribution in [3.63, 3.8) is 0 Å². The summed E-state index contributed by atoms with van der Waals surface area (Å²) in [7, 11) is 0. The molecule has 1 fully saturated rings. The number of nitrogens with zero attached hydrogens (tertiary/aromatic N) is 4. The lowest BCUT2D eigenvalue weighted by Gasteiger charge is -2.32. The number of anilines is 2. The van der Waals surface area contributed by atoms with Crippen LogP contribution in [0.25, 0.3) is 21.9 Å². The van der Waals surface area contributed by atoms with Gasteiger partial charge in [0.15, 0.2) is 0 Å².